The summed E-state index contributed by atoms with van der Waals surface area (Å²) in [6.45, 7) is 8.78. The predicted molar refractivity (Wildman–Crippen MR) is 92.2 cm³/mol. The maximum absolute atomic E-state index is 11.6. The summed E-state index contributed by atoms with van der Waals surface area (Å²) in [5.74, 6) is 0.857. The van der Waals surface area contributed by atoms with Crippen LogP contribution in [0.2, 0.25) is 0 Å². The number of amides is 1. The molecule has 0 aliphatic rings. The fourth-order valence-electron chi connectivity index (χ4n) is 1.88. The number of carbonyl (C=O) groups excluding carboxylic acids is 1. The first-order valence-corrected chi connectivity index (χ1v) is 8.61. The van der Waals surface area contributed by atoms with Crippen LogP contribution in [0.3, 0.4) is 0 Å². The second-order valence-electron chi connectivity index (χ2n) is 5.05. The van der Waals surface area contributed by atoms with Gasteiger partial charge < -0.3 is 15.5 Å². The van der Waals surface area contributed by atoms with E-state index >= 15 is 0 Å². The molecule has 7 heteroatoms. The van der Waals surface area contributed by atoms with Crippen LogP contribution in [0.5, 0.6) is 0 Å². The second-order valence-corrected chi connectivity index (χ2v) is 6.11. The van der Waals surface area contributed by atoms with Gasteiger partial charge in [0.15, 0.2) is 5.96 Å². The summed E-state index contributed by atoms with van der Waals surface area (Å²) in [6, 6.07) is 0. The molecule has 1 aromatic rings. The molecule has 6 nitrogen and oxygen atoms in total. The van der Waals surface area contributed by atoms with E-state index in [1.165, 1.54) is 0 Å². The highest BCUT2D eigenvalue weighted by atomic mass is 32.1. The Morgan fingerprint density at radius 1 is 1.41 bits per heavy atom. The maximum atomic E-state index is 11.6. The molecular weight excluding hydrogens is 298 g/mol. The van der Waals surface area contributed by atoms with Gasteiger partial charge in [-0.05, 0) is 20.3 Å². The number of rotatable bonds is 8. The van der Waals surface area contributed by atoms with Gasteiger partial charge in [0.25, 0.3) is 0 Å². The lowest BCUT2D eigenvalue weighted by atomic mass is 10.4. The minimum Gasteiger partial charge on any atom is -0.357 e. The molecule has 0 atom stereocenters. The molecule has 0 aromatic carbocycles. The summed E-state index contributed by atoms with van der Waals surface area (Å²) in [5, 5.41) is 9.24. The zero-order valence-electron chi connectivity index (χ0n) is 14.0. The summed E-state index contributed by atoms with van der Waals surface area (Å²) < 4.78 is 0. The van der Waals surface area contributed by atoms with Crippen molar-refractivity contribution in [2.45, 2.75) is 40.2 Å². The lowest BCUT2D eigenvalue weighted by Crippen LogP contribution is -2.38. The smallest absolute Gasteiger partial charge is 0.221 e. The van der Waals surface area contributed by atoms with Gasteiger partial charge in [-0.25, -0.2) is 4.98 Å². The first kappa shape index (κ1) is 18.4. The summed E-state index contributed by atoms with van der Waals surface area (Å²) in [4.78, 5) is 22.6. The lowest BCUT2D eigenvalue weighted by Gasteiger charge is -2.21. The molecule has 0 fully saturated rings. The number of nitrogens with one attached hydrogen (secondary N) is 2. The Morgan fingerprint density at radius 2 is 2.18 bits per heavy atom. The number of nitrogens with zero attached hydrogens (tertiary/aromatic N) is 3. The van der Waals surface area contributed by atoms with Gasteiger partial charge in [0, 0.05) is 31.9 Å². The van der Waals surface area contributed by atoms with E-state index < -0.39 is 0 Å². The van der Waals surface area contributed by atoms with Gasteiger partial charge >= 0.3 is 0 Å². The Labute approximate surface area is 137 Å². The van der Waals surface area contributed by atoms with Gasteiger partial charge in [0.05, 0.1) is 23.8 Å². The standard InChI is InChI=1S/C15H27N5OS/c1-5-8-17-14(21)7-9-18-15(16-6-2)20(4)10-13-11-22-12(3)19-13/h11H,5-10H2,1-4H3,(H,16,18)(H,17,21). The predicted octanol–water partition coefficient (Wildman–Crippen LogP) is 1.77. The molecule has 22 heavy (non-hydrogen) atoms. The van der Waals surface area contributed by atoms with Gasteiger partial charge in [0.1, 0.15) is 0 Å². The van der Waals surface area contributed by atoms with Gasteiger partial charge in [-0.15, -0.1) is 11.3 Å². The van der Waals surface area contributed by atoms with Gasteiger partial charge in [-0.1, -0.05) is 6.92 Å². The van der Waals surface area contributed by atoms with Crippen LogP contribution >= 0.6 is 11.3 Å². The van der Waals surface area contributed by atoms with Crippen molar-refractivity contribution in [3.63, 3.8) is 0 Å². The highest BCUT2D eigenvalue weighted by molar-refractivity contribution is 7.09. The van der Waals surface area contributed by atoms with E-state index in [4.69, 9.17) is 0 Å². The average molecular weight is 325 g/mol. The summed E-state index contributed by atoms with van der Waals surface area (Å²) in [6.07, 6.45) is 1.37. The maximum Gasteiger partial charge on any atom is 0.221 e. The molecule has 0 saturated carbocycles. The van der Waals surface area contributed by atoms with Crippen molar-refractivity contribution in [1.82, 2.24) is 20.5 Å². The van der Waals surface area contributed by atoms with E-state index in [0.29, 0.717) is 19.5 Å². The third kappa shape index (κ3) is 6.89. The number of hydrogen-bond acceptors (Lipinski definition) is 4. The number of aryl methyl sites for hydroxylation is 1. The average Bonchev–Trinajstić information content (AvgIpc) is 2.89. The van der Waals surface area contributed by atoms with E-state index in [1.807, 2.05) is 32.7 Å². The molecular formula is C15H27N5OS. The monoisotopic (exact) mass is 325 g/mol. The molecule has 0 aliphatic heterocycles. The molecule has 0 radical (unpaired) electrons. The highest BCUT2D eigenvalue weighted by Crippen LogP contribution is 2.09. The molecule has 1 heterocycles. The van der Waals surface area contributed by atoms with Crippen molar-refractivity contribution in [3.05, 3.63) is 16.1 Å². The van der Waals surface area contributed by atoms with Crippen molar-refractivity contribution in [2.24, 2.45) is 4.99 Å². The minimum atomic E-state index is 0.0548. The van der Waals surface area contributed by atoms with Crippen LogP contribution in [-0.4, -0.2) is 48.4 Å². The summed E-state index contributed by atoms with van der Waals surface area (Å²) in [5.41, 5.74) is 1.04. The first-order chi connectivity index (χ1) is 10.6. The molecule has 0 saturated heterocycles. The number of carbonyl (C=O) groups is 1. The fraction of sp³-hybridized carbons (Fsp3) is 0.667. The third-order valence-corrected chi connectivity index (χ3v) is 3.76. The molecule has 0 aliphatic carbocycles. The van der Waals surface area contributed by atoms with Crippen LogP contribution in [-0.2, 0) is 11.3 Å². The lowest BCUT2D eigenvalue weighted by molar-refractivity contribution is -0.120. The second kappa shape index (κ2) is 10.2. The van der Waals surface area contributed by atoms with E-state index in [9.17, 15) is 4.79 Å². The Balaban J connectivity index is 2.51. The summed E-state index contributed by atoms with van der Waals surface area (Å²) in [7, 11) is 1.98. The zero-order chi connectivity index (χ0) is 16.4. The van der Waals surface area contributed by atoms with E-state index in [1.54, 1.807) is 11.3 Å². The van der Waals surface area contributed by atoms with Crippen LogP contribution in [0.25, 0.3) is 0 Å². The Morgan fingerprint density at radius 3 is 2.77 bits per heavy atom. The van der Waals surface area contributed by atoms with Crippen molar-refractivity contribution in [1.29, 1.82) is 0 Å². The van der Waals surface area contributed by atoms with Crippen molar-refractivity contribution in [3.8, 4) is 0 Å². The van der Waals surface area contributed by atoms with Crippen LogP contribution in [0.1, 0.15) is 37.4 Å². The van der Waals surface area contributed by atoms with E-state index in [0.717, 1.165) is 36.2 Å². The first-order valence-electron chi connectivity index (χ1n) is 7.74. The van der Waals surface area contributed by atoms with Crippen LogP contribution in [0.4, 0.5) is 0 Å². The van der Waals surface area contributed by atoms with Crippen molar-refractivity contribution >= 4 is 23.2 Å². The van der Waals surface area contributed by atoms with Crippen LogP contribution in [0, 0.1) is 6.92 Å². The molecule has 1 rings (SSSR count). The SMILES string of the molecule is CCCNC(=O)CCN=C(NCC)N(C)Cc1csc(C)n1. The Bertz CT molecular complexity index is 486. The number of aromatic nitrogens is 1. The molecule has 1 amide bonds. The van der Waals surface area contributed by atoms with Crippen molar-refractivity contribution in [2.75, 3.05) is 26.7 Å². The number of guanidine groups is 1. The number of thiazole rings is 1. The Kier molecular flexibility index (Phi) is 8.50. The van der Waals surface area contributed by atoms with Crippen molar-refractivity contribution < 1.29 is 4.79 Å². The zero-order valence-corrected chi connectivity index (χ0v) is 14.8. The fourth-order valence-corrected chi connectivity index (χ4v) is 2.49. The molecule has 0 unspecified atom stereocenters. The molecule has 124 valence electrons. The normalized spacial score (nSPS) is 11.4. The molecule has 1 aromatic heterocycles. The topological polar surface area (TPSA) is 69.6 Å². The Hall–Kier alpha value is -1.63. The number of aliphatic imine (C=N–C) groups is 1. The van der Waals surface area contributed by atoms with E-state index in [-0.39, 0.29) is 5.91 Å². The van der Waals surface area contributed by atoms with E-state index in [2.05, 4.69) is 26.0 Å². The third-order valence-electron chi connectivity index (χ3n) is 2.93. The van der Waals surface area contributed by atoms with Gasteiger partial charge in [-0.2, -0.15) is 0 Å². The highest BCUT2D eigenvalue weighted by Gasteiger charge is 2.09. The van der Waals surface area contributed by atoms with Gasteiger partial charge in [0.2, 0.25) is 5.91 Å². The largest absolute Gasteiger partial charge is 0.357 e. The number of hydrogen-bond donors (Lipinski definition) is 2. The molecule has 0 bridgehead atoms. The van der Waals surface area contributed by atoms with Crippen LogP contribution < -0.4 is 10.6 Å². The quantitative estimate of drug-likeness (QED) is 0.564. The molecule has 0 spiro atoms. The van der Waals surface area contributed by atoms with Crippen LogP contribution in [0.15, 0.2) is 10.4 Å². The minimum absolute atomic E-state index is 0.0548. The molecule has 2 N–H and O–H groups in total. The van der Waals surface area contributed by atoms with Gasteiger partial charge in [-0.3, -0.25) is 9.79 Å². The summed E-state index contributed by atoms with van der Waals surface area (Å²) >= 11 is 1.65.